The van der Waals surface area contributed by atoms with Gasteiger partial charge < -0.3 is 9.64 Å². The van der Waals surface area contributed by atoms with E-state index in [1.807, 2.05) is 6.07 Å². The van der Waals surface area contributed by atoms with Crippen LogP contribution >= 0.6 is 0 Å². The van der Waals surface area contributed by atoms with Gasteiger partial charge >= 0.3 is 0 Å². The lowest BCUT2D eigenvalue weighted by molar-refractivity contribution is 0.161. The molecule has 1 heterocycles. The second-order valence-corrected chi connectivity index (χ2v) is 4.30. The molecule has 0 aliphatic carbocycles. The minimum absolute atomic E-state index is 0.144. The molecule has 1 atom stereocenters. The maximum Gasteiger partial charge on any atom is 0.143 e. The van der Waals surface area contributed by atoms with Crippen LogP contribution in [0.4, 0.5) is 10.1 Å². The van der Waals surface area contributed by atoms with Crippen LogP contribution in [0.2, 0.25) is 0 Å². The van der Waals surface area contributed by atoms with Gasteiger partial charge in [-0.1, -0.05) is 6.07 Å². The quantitative estimate of drug-likeness (QED) is 0.804. The molecule has 1 aliphatic heterocycles. The molecule has 4 heteroatoms. The van der Waals surface area contributed by atoms with Gasteiger partial charge in [0.1, 0.15) is 17.4 Å². The van der Waals surface area contributed by atoms with Crippen LogP contribution in [0.15, 0.2) is 18.2 Å². The van der Waals surface area contributed by atoms with E-state index in [2.05, 4.69) is 4.90 Å². The third-order valence-electron chi connectivity index (χ3n) is 3.13. The van der Waals surface area contributed by atoms with E-state index in [-0.39, 0.29) is 5.56 Å². The Hall–Kier alpha value is -1.60. The monoisotopic (exact) mass is 234 g/mol. The van der Waals surface area contributed by atoms with Crippen molar-refractivity contribution in [2.24, 2.45) is 5.92 Å². The lowest BCUT2D eigenvalue weighted by Gasteiger charge is -2.20. The van der Waals surface area contributed by atoms with E-state index in [1.165, 1.54) is 6.07 Å². The molecule has 90 valence electrons. The van der Waals surface area contributed by atoms with Gasteiger partial charge in [0.2, 0.25) is 0 Å². The zero-order chi connectivity index (χ0) is 12.3. The molecule has 1 unspecified atom stereocenters. The first-order valence-corrected chi connectivity index (χ1v) is 5.68. The minimum atomic E-state index is -0.444. The first kappa shape index (κ1) is 11.9. The van der Waals surface area contributed by atoms with E-state index in [4.69, 9.17) is 10.00 Å². The third kappa shape index (κ3) is 2.40. The number of methoxy groups -OCH3 is 1. The van der Waals surface area contributed by atoms with E-state index in [0.717, 1.165) is 19.5 Å². The molecule has 1 saturated heterocycles. The molecule has 0 saturated carbocycles. The summed E-state index contributed by atoms with van der Waals surface area (Å²) in [4.78, 5) is 2.06. The molecule has 1 fully saturated rings. The summed E-state index contributed by atoms with van der Waals surface area (Å²) >= 11 is 0. The Morgan fingerprint density at radius 2 is 2.41 bits per heavy atom. The molecule has 1 aromatic carbocycles. The summed E-state index contributed by atoms with van der Waals surface area (Å²) in [5.41, 5.74) is 0.844. The summed E-state index contributed by atoms with van der Waals surface area (Å²) in [5.74, 6) is 0.0231. The average Bonchev–Trinajstić information content (AvgIpc) is 2.78. The molecule has 0 aromatic heterocycles. The zero-order valence-electron chi connectivity index (χ0n) is 9.82. The highest BCUT2D eigenvalue weighted by molar-refractivity contribution is 5.60. The van der Waals surface area contributed by atoms with E-state index in [1.54, 1.807) is 19.2 Å². The summed E-state index contributed by atoms with van der Waals surface area (Å²) in [6.07, 6.45) is 1.02. The number of nitriles is 1. The predicted molar refractivity (Wildman–Crippen MR) is 63.3 cm³/mol. The fraction of sp³-hybridized carbons (Fsp3) is 0.462. The molecule has 0 spiro atoms. The fourth-order valence-electron chi connectivity index (χ4n) is 2.31. The van der Waals surface area contributed by atoms with Crippen LogP contribution in [0.3, 0.4) is 0 Å². The predicted octanol–water partition coefficient (Wildman–Crippen LogP) is 2.17. The molecule has 3 nitrogen and oxygen atoms in total. The van der Waals surface area contributed by atoms with Gasteiger partial charge in [0, 0.05) is 26.1 Å². The van der Waals surface area contributed by atoms with Gasteiger partial charge in [-0.2, -0.15) is 5.26 Å². The lowest BCUT2D eigenvalue weighted by atomic mass is 10.1. The standard InChI is InChI=1S/C13H15FN2O/c1-17-9-10-5-6-16(8-10)13-4-2-3-12(14)11(13)7-15/h2-4,10H,5-6,8-9H2,1H3. The first-order chi connectivity index (χ1) is 8.26. The zero-order valence-corrected chi connectivity index (χ0v) is 9.82. The molecule has 17 heavy (non-hydrogen) atoms. The van der Waals surface area contributed by atoms with E-state index >= 15 is 0 Å². The molecule has 1 aromatic rings. The van der Waals surface area contributed by atoms with E-state index in [0.29, 0.717) is 18.2 Å². The van der Waals surface area contributed by atoms with Gasteiger partial charge in [-0.05, 0) is 18.6 Å². The molecule has 0 bridgehead atoms. The van der Waals surface area contributed by atoms with Crippen LogP contribution in [0.25, 0.3) is 0 Å². The Kier molecular flexibility index (Phi) is 3.60. The molecule has 1 aliphatic rings. The van der Waals surface area contributed by atoms with Crippen molar-refractivity contribution in [1.82, 2.24) is 0 Å². The van der Waals surface area contributed by atoms with Gasteiger partial charge in [0.05, 0.1) is 12.3 Å². The Bertz CT molecular complexity index is 442. The highest BCUT2D eigenvalue weighted by atomic mass is 19.1. The van der Waals surface area contributed by atoms with Crippen molar-refractivity contribution >= 4 is 5.69 Å². The van der Waals surface area contributed by atoms with Crippen molar-refractivity contribution in [2.75, 3.05) is 31.7 Å². The van der Waals surface area contributed by atoms with Crippen molar-refractivity contribution in [3.8, 4) is 6.07 Å². The number of anilines is 1. The van der Waals surface area contributed by atoms with Crippen LogP contribution in [0.1, 0.15) is 12.0 Å². The molecule has 0 N–H and O–H groups in total. The number of nitrogens with zero attached hydrogens (tertiary/aromatic N) is 2. The minimum Gasteiger partial charge on any atom is -0.384 e. The Morgan fingerprint density at radius 3 is 3.12 bits per heavy atom. The summed E-state index contributed by atoms with van der Waals surface area (Å²) in [7, 11) is 1.69. The Labute approximate surface area is 100 Å². The smallest absolute Gasteiger partial charge is 0.143 e. The van der Waals surface area contributed by atoms with Crippen LogP contribution in [0.5, 0.6) is 0 Å². The van der Waals surface area contributed by atoms with Crippen LogP contribution in [-0.2, 0) is 4.74 Å². The highest BCUT2D eigenvalue weighted by Crippen LogP contribution is 2.28. The van der Waals surface area contributed by atoms with Gasteiger partial charge in [-0.3, -0.25) is 0 Å². The van der Waals surface area contributed by atoms with Crippen molar-refractivity contribution in [3.63, 3.8) is 0 Å². The second-order valence-electron chi connectivity index (χ2n) is 4.30. The SMILES string of the molecule is COCC1CCN(c2cccc(F)c2C#N)C1. The van der Waals surface area contributed by atoms with Crippen molar-refractivity contribution in [3.05, 3.63) is 29.6 Å². The van der Waals surface area contributed by atoms with E-state index in [9.17, 15) is 4.39 Å². The second kappa shape index (κ2) is 5.15. The number of halogens is 1. The van der Waals surface area contributed by atoms with Gasteiger partial charge in [0.25, 0.3) is 0 Å². The third-order valence-corrected chi connectivity index (χ3v) is 3.13. The molecular formula is C13H15FN2O. The van der Waals surface area contributed by atoms with Crippen LogP contribution in [0, 0.1) is 23.1 Å². The number of hydrogen-bond donors (Lipinski definition) is 0. The average molecular weight is 234 g/mol. The molecule has 0 amide bonds. The Morgan fingerprint density at radius 1 is 1.59 bits per heavy atom. The maximum atomic E-state index is 13.5. The number of benzene rings is 1. The summed E-state index contributed by atoms with van der Waals surface area (Å²) in [6, 6.07) is 6.71. The highest BCUT2D eigenvalue weighted by Gasteiger charge is 2.24. The lowest BCUT2D eigenvalue weighted by Crippen LogP contribution is -2.22. The molecular weight excluding hydrogens is 219 g/mol. The molecule has 2 rings (SSSR count). The first-order valence-electron chi connectivity index (χ1n) is 5.68. The Balaban J connectivity index is 2.19. The summed E-state index contributed by atoms with van der Waals surface area (Å²) in [5, 5.41) is 8.99. The van der Waals surface area contributed by atoms with Crippen LogP contribution < -0.4 is 4.90 Å². The summed E-state index contributed by atoms with van der Waals surface area (Å²) in [6.45, 7) is 2.39. The van der Waals surface area contributed by atoms with Crippen molar-refractivity contribution < 1.29 is 9.13 Å². The van der Waals surface area contributed by atoms with Crippen molar-refractivity contribution in [2.45, 2.75) is 6.42 Å². The maximum absolute atomic E-state index is 13.5. The van der Waals surface area contributed by atoms with Gasteiger partial charge in [0.15, 0.2) is 0 Å². The van der Waals surface area contributed by atoms with E-state index < -0.39 is 5.82 Å². The fourth-order valence-corrected chi connectivity index (χ4v) is 2.31. The number of ether oxygens (including phenoxy) is 1. The number of hydrogen-bond acceptors (Lipinski definition) is 3. The molecule has 0 radical (unpaired) electrons. The normalized spacial score (nSPS) is 19.4. The largest absolute Gasteiger partial charge is 0.384 e. The van der Waals surface area contributed by atoms with Crippen LogP contribution in [-0.4, -0.2) is 26.8 Å². The van der Waals surface area contributed by atoms with Gasteiger partial charge in [-0.25, -0.2) is 4.39 Å². The summed E-state index contributed by atoms with van der Waals surface area (Å²) < 4.78 is 18.6. The van der Waals surface area contributed by atoms with Gasteiger partial charge in [-0.15, -0.1) is 0 Å². The topological polar surface area (TPSA) is 36.3 Å². The number of rotatable bonds is 3. The van der Waals surface area contributed by atoms with Crippen molar-refractivity contribution in [1.29, 1.82) is 5.26 Å².